The Morgan fingerprint density at radius 1 is 1.35 bits per heavy atom. The van der Waals surface area contributed by atoms with Gasteiger partial charge in [-0.3, -0.25) is 0 Å². The number of furan rings is 1. The number of hydrogen-bond acceptors (Lipinski definition) is 4. The van der Waals surface area contributed by atoms with Crippen molar-refractivity contribution in [2.75, 3.05) is 12.8 Å². The second-order valence-corrected chi connectivity index (χ2v) is 3.58. The molecule has 0 unspecified atom stereocenters. The van der Waals surface area contributed by atoms with Crippen molar-refractivity contribution in [3.63, 3.8) is 0 Å². The monoisotopic (exact) mass is 228 g/mol. The summed E-state index contributed by atoms with van der Waals surface area (Å²) in [6.07, 6.45) is 0. The Bertz CT molecular complexity index is 594. The molecule has 0 radical (unpaired) electrons. The number of nitrogens with two attached hydrogens (primary N) is 1. The lowest BCUT2D eigenvalue weighted by atomic mass is 10.0. The molecule has 86 valence electrons. The molecule has 0 spiro atoms. The van der Waals surface area contributed by atoms with Crippen LogP contribution in [0.15, 0.2) is 28.7 Å². The molecule has 2 aromatic rings. The molecule has 0 saturated carbocycles. The summed E-state index contributed by atoms with van der Waals surface area (Å²) in [4.78, 5) is 0. The van der Waals surface area contributed by atoms with Crippen molar-refractivity contribution < 1.29 is 9.15 Å². The summed E-state index contributed by atoms with van der Waals surface area (Å²) in [5.74, 6) is 1.45. The van der Waals surface area contributed by atoms with Crippen molar-refractivity contribution in [3.8, 4) is 22.9 Å². The number of ether oxygens (including phenoxy) is 1. The van der Waals surface area contributed by atoms with E-state index in [1.165, 1.54) is 0 Å². The van der Waals surface area contributed by atoms with Crippen LogP contribution >= 0.6 is 0 Å². The van der Waals surface area contributed by atoms with E-state index in [4.69, 9.17) is 20.1 Å². The topological polar surface area (TPSA) is 72.2 Å². The van der Waals surface area contributed by atoms with Crippen LogP contribution < -0.4 is 10.5 Å². The van der Waals surface area contributed by atoms with Gasteiger partial charge >= 0.3 is 0 Å². The van der Waals surface area contributed by atoms with Crippen LogP contribution in [0.3, 0.4) is 0 Å². The minimum absolute atomic E-state index is 0.144. The highest BCUT2D eigenvalue weighted by atomic mass is 16.5. The Balaban J connectivity index is 2.73. The molecule has 4 nitrogen and oxygen atoms in total. The summed E-state index contributed by atoms with van der Waals surface area (Å²) in [6.45, 7) is 1.78. The SMILES string of the molecule is COc1ccccc1-c1c(C)oc(N)c1C#N. The van der Waals surface area contributed by atoms with Crippen molar-refractivity contribution in [2.45, 2.75) is 6.92 Å². The van der Waals surface area contributed by atoms with Gasteiger partial charge in [0.25, 0.3) is 0 Å². The highest BCUT2D eigenvalue weighted by Gasteiger charge is 2.19. The van der Waals surface area contributed by atoms with Crippen molar-refractivity contribution in [3.05, 3.63) is 35.6 Å². The predicted octanol–water partition coefficient (Wildman–Crippen LogP) is 2.72. The Labute approximate surface area is 99.2 Å². The summed E-state index contributed by atoms with van der Waals surface area (Å²) in [7, 11) is 1.59. The van der Waals surface area contributed by atoms with Crippen LogP contribution in [0.1, 0.15) is 11.3 Å². The molecule has 1 aromatic heterocycles. The van der Waals surface area contributed by atoms with Crippen molar-refractivity contribution >= 4 is 5.88 Å². The fourth-order valence-corrected chi connectivity index (χ4v) is 1.85. The largest absolute Gasteiger partial charge is 0.496 e. The van der Waals surface area contributed by atoms with Gasteiger partial charge in [-0.2, -0.15) is 5.26 Å². The van der Waals surface area contributed by atoms with Crippen LogP contribution in [0.25, 0.3) is 11.1 Å². The molecule has 2 N–H and O–H groups in total. The van der Waals surface area contributed by atoms with E-state index < -0.39 is 0 Å². The van der Waals surface area contributed by atoms with Gasteiger partial charge in [-0.1, -0.05) is 18.2 Å². The number of nitrogens with zero attached hydrogens (tertiary/aromatic N) is 1. The third kappa shape index (κ3) is 1.72. The van der Waals surface area contributed by atoms with Crippen LogP contribution in [-0.4, -0.2) is 7.11 Å². The van der Waals surface area contributed by atoms with Crippen molar-refractivity contribution in [1.29, 1.82) is 5.26 Å². The number of para-hydroxylation sites is 1. The van der Waals surface area contributed by atoms with Crippen LogP contribution in [0.4, 0.5) is 5.88 Å². The van der Waals surface area contributed by atoms with Gasteiger partial charge in [0.05, 0.1) is 7.11 Å². The first-order chi connectivity index (χ1) is 8.19. The molecule has 2 rings (SSSR count). The second-order valence-electron chi connectivity index (χ2n) is 3.58. The molecule has 0 atom stereocenters. The van der Waals surface area contributed by atoms with Gasteiger partial charge in [-0.15, -0.1) is 0 Å². The van der Waals surface area contributed by atoms with Crippen LogP contribution in [0.2, 0.25) is 0 Å². The van der Waals surface area contributed by atoms with Gasteiger partial charge in [-0.05, 0) is 13.0 Å². The molecule has 4 heteroatoms. The molecule has 0 fully saturated rings. The van der Waals surface area contributed by atoms with Gasteiger partial charge in [0.15, 0.2) is 0 Å². The van der Waals surface area contributed by atoms with Crippen molar-refractivity contribution in [2.24, 2.45) is 0 Å². The number of methoxy groups -OCH3 is 1. The minimum Gasteiger partial charge on any atom is -0.496 e. The molecule has 0 aliphatic heterocycles. The highest BCUT2D eigenvalue weighted by molar-refractivity contribution is 5.80. The second kappa shape index (κ2) is 4.22. The van der Waals surface area contributed by atoms with Gasteiger partial charge in [0, 0.05) is 11.1 Å². The number of nitriles is 1. The zero-order valence-electron chi connectivity index (χ0n) is 9.65. The fraction of sp³-hybridized carbons (Fsp3) is 0.154. The van der Waals surface area contributed by atoms with E-state index in [2.05, 4.69) is 6.07 Å². The van der Waals surface area contributed by atoms with Gasteiger partial charge in [0.2, 0.25) is 5.88 Å². The van der Waals surface area contributed by atoms with E-state index in [0.29, 0.717) is 22.6 Å². The molecule has 0 saturated heterocycles. The Morgan fingerprint density at radius 2 is 2.06 bits per heavy atom. The maximum atomic E-state index is 9.11. The van der Waals surface area contributed by atoms with E-state index in [9.17, 15) is 0 Å². The zero-order chi connectivity index (χ0) is 12.4. The summed E-state index contributed by atoms with van der Waals surface area (Å²) in [6, 6.07) is 9.51. The summed E-state index contributed by atoms with van der Waals surface area (Å²) in [5.41, 5.74) is 7.51. The summed E-state index contributed by atoms with van der Waals surface area (Å²) in [5, 5.41) is 9.11. The van der Waals surface area contributed by atoms with Gasteiger partial charge in [-0.25, -0.2) is 0 Å². The average molecular weight is 228 g/mol. The Morgan fingerprint density at radius 3 is 2.71 bits per heavy atom. The number of anilines is 1. The normalized spacial score (nSPS) is 9.94. The molecule has 1 heterocycles. The smallest absolute Gasteiger partial charge is 0.209 e. The fourth-order valence-electron chi connectivity index (χ4n) is 1.85. The lowest BCUT2D eigenvalue weighted by molar-refractivity contribution is 0.416. The first-order valence-corrected chi connectivity index (χ1v) is 5.11. The molecular formula is C13H12N2O2. The molecule has 0 aliphatic rings. The number of hydrogen-bond donors (Lipinski definition) is 1. The molecule has 0 amide bonds. The number of nitrogen functional groups attached to an aromatic ring is 1. The standard InChI is InChI=1S/C13H12N2O2/c1-8-12(10(7-14)13(15)17-8)9-5-3-4-6-11(9)16-2/h3-6H,15H2,1-2H3. The van der Waals surface area contributed by atoms with E-state index in [1.807, 2.05) is 24.3 Å². The number of rotatable bonds is 2. The Hall–Kier alpha value is -2.41. The quantitative estimate of drug-likeness (QED) is 0.857. The highest BCUT2D eigenvalue weighted by Crippen LogP contribution is 2.38. The molecule has 1 aromatic carbocycles. The lowest BCUT2D eigenvalue weighted by Crippen LogP contribution is -1.90. The number of aryl methyl sites for hydroxylation is 1. The first kappa shape index (κ1) is 11.1. The third-order valence-corrected chi connectivity index (χ3v) is 2.60. The van der Waals surface area contributed by atoms with Gasteiger partial charge < -0.3 is 14.9 Å². The van der Waals surface area contributed by atoms with E-state index in [0.717, 1.165) is 5.56 Å². The Kier molecular flexibility index (Phi) is 2.75. The van der Waals surface area contributed by atoms with E-state index in [1.54, 1.807) is 14.0 Å². The number of benzene rings is 1. The third-order valence-electron chi connectivity index (χ3n) is 2.60. The van der Waals surface area contributed by atoms with Crippen LogP contribution in [0, 0.1) is 18.3 Å². The molecule has 17 heavy (non-hydrogen) atoms. The lowest BCUT2D eigenvalue weighted by Gasteiger charge is -2.07. The average Bonchev–Trinajstić information content (AvgIpc) is 2.63. The summed E-state index contributed by atoms with van der Waals surface area (Å²) < 4.78 is 10.6. The van der Waals surface area contributed by atoms with E-state index >= 15 is 0 Å². The maximum Gasteiger partial charge on any atom is 0.209 e. The van der Waals surface area contributed by atoms with Gasteiger partial charge in [0.1, 0.15) is 23.1 Å². The molecular weight excluding hydrogens is 216 g/mol. The maximum absolute atomic E-state index is 9.11. The molecule has 0 bridgehead atoms. The first-order valence-electron chi connectivity index (χ1n) is 5.11. The molecule has 0 aliphatic carbocycles. The van der Waals surface area contributed by atoms with Crippen LogP contribution in [-0.2, 0) is 0 Å². The predicted molar refractivity (Wildman–Crippen MR) is 64.6 cm³/mol. The van der Waals surface area contributed by atoms with Crippen molar-refractivity contribution in [1.82, 2.24) is 0 Å². The van der Waals surface area contributed by atoms with Crippen LogP contribution in [0.5, 0.6) is 5.75 Å². The van der Waals surface area contributed by atoms with E-state index in [-0.39, 0.29) is 5.88 Å². The zero-order valence-corrected chi connectivity index (χ0v) is 9.65. The minimum atomic E-state index is 0.144. The summed E-state index contributed by atoms with van der Waals surface area (Å²) >= 11 is 0.